The molecule has 0 unspecified atom stereocenters. The van der Waals surface area contributed by atoms with Gasteiger partial charge in [0.1, 0.15) is 5.82 Å². The first-order valence-corrected chi connectivity index (χ1v) is 6.63. The summed E-state index contributed by atoms with van der Waals surface area (Å²) in [6, 6.07) is 15.2. The normalized spacial score (nSPS) is 10.6. The summed E-state index contributed by atoms with van der Waals surface area (Å²) in [5.41, 5.74) is 1.63. The summed E-state index contributed by atoms with van der Waals surface area (Å²) in [7, 11) is 0. The van der Waals surface area contributed by atoms with E-state index in [1.165, 1.54) is 16.8 Å². The SMILES string of the molecule is O=C(O)c1nnn(-c2cccc(F)c2)c1Cc1ccccc1. The van der Waals surface area contributed by atoms with Crippen LogP contribution in [0, 0.1) is 5.82 Å². The summed E-state index contributed by atoms with van der Waals surface area (Å²) < 4.78 is 14.8. The first-order valence-electron chi connectivity index (χ1n) is 6.63. The largest absolute Gasteiger partial charge is 0.476 e. The van der Waals surface area contributed by atoms with Gasteiger partial charge < -0.3 is 5.11 Å². The summed E-state index contributed by atoms with van der Waals surface area (Å²) in [5.74, 6) is -1.58. The summed E-state index contributed by atoms with van der Waals surface area (Å²) in [6.45, 7) is 0. The van der Waals surface area contributed by atoms with Crippen molar-refractivity contribution in [3.8, 4) is 5.69 Å². The molecule has 3 rings (SSSR count). The lowest BCUT2D eigenvalue weighted by Crippen LogP contribution is -2.08. The number of halogens is 1. The molecule has 6 heteroatoms. The molecule has 0 saturated heterocycles. The quantitative estimate of drug-likeness (QED) is 0.804. The molecule has 0 aliphatic carbocycles. The summed E-state index contributed by atoms with van der Waals surface area (Å²) in [5, 5.41) is 16.8. The van der Waals surface area contributed by atoms with Gasteiger partial charge in [-0.3, -0.25) is 0 Å². The van der Waals surface area contributed by atoms with Crippen LogP contribution >= 0.6 is 0 Å². The van der Waals surface area contributed by atoms with Gasteiger partial charge in [0.2, 0.25) is 0 Å². The molecule has 2 aromatic carbocycles. The van der Waals surface area contributed by atoms with E-state index < -0.39 is 11.8 Å². The maximum absolute atomic E-state index is 13.4. The Morgan fingerprint density at radius 1 is 1.14 bits per heavy atom. The van der Waals surface area contributed by atoms with Gasteiger partial charge in [-0.25, -0.2) is 13.9 Å². The van der Waals surface area contributed by atoms with Gasteiger partial charge in [0, 0.05) is 6.42 Å². The molecule has 1 N–H and O–H groups in total. The van der Waals surface area contributed by atoms with E-state index in [-0.39, 0.29) is 5.69 Å². The lowest BCUT2D eigenvalue weighted by Gasteiger charge is -2.07. The second kappa shape index (κ2) is 5.77. The van der Waals surface area contributed by atoms with Crippen molar-refractivity contribution in [2.24, 2.45) is 0 Å². The topological polar surface area (TPSA) is 68.0 Å². The summed E-state index contributed by atoms with van der Waals surface area (Å²) >= 11 is 0. The van der Waals surface area contributed by atoms with Crippen LogP contribution in [0.3, 0.4) is 0 Å². The third-order valence-corrected chi connectivity index (χ3v) is 3.23. The molecular weight excluding hydrogens is 285 g/mol. The Morgan fingerprint density at radius 2 is 1.91 bits per heavy atom. The molecule has 0 radical (unpaired) electrons. The fraction of sp³-hybridized carbons (Fsp3) is 0.0625. The molecule has 1 aromatic heterocycles. The average molecular weight is 297 g/mol. The molecule has 22 heavy (non-hydrogen) atoms. The number of benzene rings is 2. The van der Waals surface area contributed by atoms with Crippen LogP contribution in [0.25, 0.3) is 5.69 Å². The Balaban J connectivity index is 2.09. The Kier molecular flexibility index (Phi) is 3.65. The van der Waals surface area contributed by atoms with Gasteiger partial charge in [-0.15, -0.1) is 5.10 Å². The van der Waals surface area contributed by atoms with Crippen LogP contribution in [0.5, 0.6) is 0 Å². The van der Waals surface area contributed by atoms with Crippen LogP contribution < -0.4 is 0 Å². The first-order chi connectivity index (χ1) is 10.6. The van der Waals surface area contributed by atoms with Gasteiger partial charge >= 0.3 is 5.97 Å². The molecule has 0 saturated carbocycles. The van der Waals surface area contributed by atoms with E-state index in [4.69, 9.17) is 0 Å². The highest BCUT2D eigenvalue weighted by Gasteiger charge is 2.20. The number of aromatic carboxylic acids is 1. The number of hydrogen-bond acceptors (Lipinski definition) is 3. The van der Waals surface area contributed by atoms with E-state index in [0.29, 0.717) is 17.8 Å². The lowest BCUT2D eigenvalue weighted by atomic mass is 10.1. The Morgan fingerprint density at radius 3 is 2.59 bits per heavy atom. The molecular formula is C16H12FN3O2. The van der Waals surface area contributed by atoms with Crippen LogP contribution in [0.4, 0.5) is 4.39 Å². The minimum Gasteiger partial charge on any atom is -0.476 e. The van der Waals surface area contributed by atoms with E-state index in [9.17, 15) is 14.3 Å². The second-order valence-electron chi connectivity index (χ2n) is 4.74. The van der Waals surface area contributed by atoms with Gasteiger partial charge in [-0.2, -0.15) is 0 Å². The molecule has 0 amide bonds. The maximum Gasteiger partial charge on any atom is 0.358 e. The predicted molar refractivity (Wildman–Crippen MR) is 77.5 cm³/mol. The van der Waals surface area contributed by atoms with E-state index in [0.717, 1.165) is 5.56 Å². The minimum absolute atomic E-state index is 0.131. The van der Waals surface area contributed by atoms with Crippen molar-refractivity contribution in [3.05, 3.63) is 77.4 Å². The number of carbonyl (C=O) groups is 1. The first kappa shape index (κ1) is 13.9. The molecule has 0 fully saturated rings. The third kappa shape index (κ3) is 2.71. The third-order valence-electron chi connectivity index (χ3n) is 3.23. The highest BCUT2D eigenvalue weighted by atomic mass is 19.1. The Hall–Kier alpha value is -3.02. The standard InChI is InChI=1S/C16H12FN3O2/c17-12-7-4-8-13(10-12)20-14(15(16(21)22)18-19-20)9-11-5-2-1-3-6-11/h1-8,10H,9H2,(H,21,22). The van der Waals surface area contributed by atoms with Crippen molar-refractivity contribution in [1.82, 2.24) is 15.0 Å². The van der Waals surface area contributed by atoms with Crippen LogP contribution in [-0.4, -0.2) is 26.1 Å². The number of aromatic nitrogens is 3. The van der Waals surface area contributed by atoms with Crippen molar-refractivity contribution in [2.75, 3.05) is 0 Å². The lowest BCUT2D eigenvalue weighted by molar-refractivity contribution is 0.0689. The van der Waals surface area contributed by atoms with Gasteiger partial charge in [-0.05, 0) is 23.8 Å². The van der Waals surface area contributed by atoms with Crippen molar-refractivity contribution in [1.29, 1.82) is 0 Å². The monoisotopic (exact) mass is 297 g/mol. The number of carboxylic acids is 1. The zero-order valence-electron chi connectivity index (χ0n) is 11.5. The van der Waals surface area contributed by atoms with Gasteiger partial charge in [0.25, 0.3) is 0 Å². The van der Waals surface area contributed by atoms with Gasteiger partial charge in [-0.1, -0.05) is 41.6 Å². The smallest absolute Gasteiger partial charge is 0.358 e. The number of rotatable bonds is 4. The molecule has 0 aliphatic heterocycles. The fourth-order valence-corrected chi connectivity index (χ4v) is 2.23. The van der Waals surface area contributed by atoms with Crippen LogP contribution in [-0.2, 0) is 6.42 Å². The van der Waals surface area contributed by atoms with E-state index in [1.807, 2.05) is 30.3 Å². The van der Waals surface area contributed by atoms with E-state index >= 15 is 0 Å². The van der Waals surface area contributed by atoms with Crippen molar-refractivity contribution >= 4 is 5.97 Å². The number of carboxylic acid groups (broad SMARTS) is 1. The zero-order valence-corrected chi connectivity index (χ0v) is 11.5. The summed E-state index contributed by atoms with van der Waals surface area (Å²) in [6.07, 6.45) is 0.339. The van der Waals surface area contributed by atoms with Crippen molar-refractivity contribution in [3.63, 3.8) is 0 Å². The van der Waals surface area contributed by atoms with Crippen molar-refractivity contribution in [2.45, 2.75) is 6.42 Å². The van der Waals surface area contributed by atoms with Crippen LogP contribution in [0.15, 0.2) is 54.6 Å². The second-order valence-corrected chi connectivity index (χ2v) is 4.74. The molecule has 110 valence electrons. The summed E-state index contributed by atoms with van der Waals surface area (Å²) in [4.78, 5) is 11.3. The number of hydrogen-bond donors (Lipinski definition) is 1. The molecule has 0 bridgehead atoms. The minimum atomic E-state index is -1.16. The van der Waals surface area contributed by atoms with Crippen LogP contribution in [0.2, 0.25) is 0 Å². The molecule has 1 heterocycles. The molecule has 3 aromatic rings. The highest BCUT2D eigenvalue weighted by Crippen LogP contribution is 2.18. The molecule has 0 aliphatic rings. The van der Waals surface area contributed by atoms with Gasteiger partial charge in [0.15, 0.2) is 5.69 Å². The molecule has 0 spiro atoms. The van der Waals surface area contributed by atoms with Crippen LogP contribution in [0.1, 0.15) is 21.7 Å². The van der Waals surface area contributed by atoms with Crippen molar-refractivity contribution < 1.29 is 14.3 Å². The average Bonchev–Trinajstić information content (AvgIpc) is 2.92. The number of nitrogens with zero attached hydrogens (tertiary/aromatic N) is 3. The predicted octanol–water partition coefficient (Wildman–Crippen LogP) is 2.70. The van der Waals surface area contributed by atoms with E-state index in [2.05, 4.69) is 10.3 Å². The Bertz CT molecular complexity index is 815. The van der Waals surface area contributed by atoms with Gasteiger partial charge in [0.05, 0.1) is 11.4 Å². The highest BCUT2D eigenvalue weighted by molar-refractivity contribution is 5.86. The maximum atomic E-state index is 13.4. The molecule has 5 nitrogen and oxygen atoms in total. The zero-order chi connectivity index (χ0) is 15.5. The molecule has 0 atom stereocenters. The Labute approximate surface area is 125 Å². The van der Waals surface area contributed by atoms with E-state index in [1.54, 1.807) is 12.1 Å². The fourth-order valence-electron chi connectivity index (χ4n) is 2.23.